The van der Waals surface area contributed by atoms with Gasteiger partial charge in [-0.05, 0) is 59.1 Å². The van der Waals surface area contributed by atoms with Gasteiger partial charge in [-0.15, -0.1) is 0 Å². The van der Waals surface area contributed by atoms with Gasteiger partial charge < -0.3 is 10.1 Å². The van der Waals surface area contributed by atoms with Crippen LogP contribution < -0.4 is 5.32 Å². The van der Waals surface area contributed by atoms with Crippen molar-refractivity contribution in [3.63, 3.8) is 0 Å². The van der Waals surface area contributed by atoms with Gasteiger partial charge in [0.2, 0.25) is 0 Å². The Morgan fingerprint density at radius 2 is 2.10 bits per heavy atom. The third kappa shape index (κ3) is 5.47. The number of nitrogens with one attached hydrogen (secondary N) is 1. The number of methoxy groups -OCH3 is 1. The van der Waals surface area contributed by atoms with Gasteiger partial charge in [0.15, 0.2) is 5.82 Å². The first-order valence-corrected chi connectivity index (χ1v) is 11.4. The summed E-state index contributed by atoms with van der Waals surface area (Å²) in [5.41, 5.74) is 2.65. The molecular weight excluding hydrogens is 503 g/mol. The van der Waals surface area contributed by atoms with Crippen LogP contribution in [0.3, 0.4) is 0 Å². The lowest BCUT2D eigenvalue weighted by Crippen LogP contribution is -2.20. The summed E-state index contributed by atoms with van der Waals surface area (Å²) in [6.45, 7) is 4.03. The van der Waals surface area contributed by atoms with Gasteiger partial charge in [-0.1, -0.05) is 43.0 Å². The van der Waals surface area contributed by atoms with E-state index in [0.717, 1.165) is 30.4 Å². The van der Waals surface area contributed by atoms with E-state index >= 15 is 0 Å². The number of ether oxygens (including phenoxy) is 1. The van der Waals surface area contributed by atoms with Crippen molar-refractivity contribution >= 4 is 50.7 Å². The second-order valence-corrected chi connectivity index (χ2v) is 8.74. The molecule has 1 amide bonds. The number of halogens is 3. The number of nitrogens with zero attached hydrogens (tertiary/aromatic N) is 3. The van der Waals surface area contributed by atoms with E-state index in [2.05, 4.69) is 38.3 Å². The van der Waals surface area contributed by atoms with Crippen molar-refractivity contribution in [2.24, 2.45) is 0 Å². The number of carbonyl (C=O) groups is 1. The van der Waals surface area contributed by atoms with E-state index < -0.39 is 0 Å². The summed E-state index contributed by atoms with van der Waals surface area (Å²) in [5, 5.41) is 8.34. The molecule has 0 radical (unpaired) electrons. The Hall–Kier alpha value is -1.93. The molecule has 0 aliphatic rings. The van der Waals surface area contributed by atoms with Crippen LogP contribution in [0.15, 0.2) is 41.1 Å². The molecule has 0 fully saturated rings. The van der Waals surface area contributed by atoms with Crippen molar-refractivity contribution in [1.29, 1.82) is 0 Å². The van der Waals surface area contributed by atoms with Crippen LogP contribution in [0.4, 0.5) is 5.69 Å². The van der Waals surface area contributed by atoms with E-state index in [1.165, 1.54) is 4.68 Å². The second kappa shape index (κ2) is 10.6. The largest absolute Gasteiger partial charge is 0.377 e. The van der Waals surface area contributed by atoms with E-state index in [4.69, 9.17) is 27.9 Å². The minimum atomic E-state index is -0.350. The molecule has 1 aromatic carbocycles. The van der Waals surface area contributed by atoms with Crippen molar-refractivity contribution in [3.8, 4) is 5.82 Å². The number of anilines is 1. The smallest absolute Gasteiger partial charge is 0.274 e. The first-order chi connectivity index (χ1) is 14.8. The Kier molecular flexibility index (Phi) is 8.11. The van der Waals surface area contributed by atoms with Gasteiger partial charge in [0.05, 0.1) is 11.1 Å². The van der Waals surface area contributed by atoms with Crippen molar-refractivity contribution in [2.75, 3.05) is 12.4 Å². The van der Waals surface area contributed by atoms with Crippen LogP contribution >= 0.6 is 39.1 Å². The maximum atomic E-state index is 13.3. The maximum absolute atomic E-state index is 13.3. The average Bonchev–Trinajstić information content (AvgIpc) is 3.12. The Balaban J connectivity index is 2.01. The highest BCUT2D eigenvalue weighted by Gasteiger charge is 2.23. The van der Waals surface area contributed by atoms with Gasteiger partial charge >= 0.3 is 0 Å². The van der Waals surface area contributed by atoms with Crippen molar-refractivity contribution in [3.05, 3.63) is 68.0 Å². The first kappa shape index (κ1) is 23.7. The van der Waals surface area contributed by atoms with Gasteiger partial charge in [-0.2, -0.15) is 5.10 Å². The Morgan fingerprint density at radius 1 is 1.32 bits per heavy atom. The highest BCUT2D eigenvalue weighted by Crippen LogP contribution is 2.35. The topological polar surface area (TPSA) is 69.0 Å². The van der Waals surface area contributed by atoms with E-state index in [-0.39, 0.29) is 17.7 Å². The van der Waals surface area contributed by atoms with Crippen molar-refractivity contribution in [2.45, 2.75) is 39.2 Å². The number of rotatable bonds is 8. The molecule has 31 heavy (non-hydrogen) atoms. The molecule has 0 aliphatic heterocycles. The fourth-order valence-corrected chi connectivity index (χ4v) is 4.23. The number of benzene rings is 1. The Bertz CT molecular complexity index is 1090. The lowest BCUT2D eigenvalue weighted by Gasteiger charge is -2.22. The molecule has 3 rings (SSSR count). The minimum absolute atomic E-state index is 0.186. The fourth-order valence-electron chi connectivity index (χ4n) is 3.37. The number of unbranched alkanes of at least 4 members (excludes halogenated alkanes) is 1. The molecule has 2 aromatic heterocycles. The maximum Gasteiger partial charge on any atom is 0.274 e. The number of aryl methyl sites for hydroxylation is 1. The van der Waals surface area contributed by atoms with E-state index in [9.17, 15) is 4.79 Å². The normalized spacial score (nSPS) is 12.1. The monoisotopic (exact) mass is 524 g/mol. The molecule has 9 heteroatoms. The molecular formula is C22H23BrCl2N4O2. The lowest BCUT2D eigenvalue weighted by atomic mass is 9.99. The minimum Gasteiger partial charge on any atom is -0.377 e. The molecule has 0 spiro atoms. The van der Waals surface area contributed by atoms with Gasteiger partial charge in [0, 0.05) is 35.6 Å². The number of hydrogen-bond donors (Lipinski definition) is 1. The van der Waals surface area contributed by atoms with E-state index in [1.807, 2.05) is 19.1 Å². The molecule has 164 valence electrons. The van der Waals surface area contributed by atoms with Crippen LogP contribution in [0, 0.1) is 6.92 Å². The van der Waals surface area contributed by atoms with Gasteiger partial charge in [-0.25, -0.2) is 9.67 Å². The standard InChI is InChI=1S/C22H23BrCl2N4O2/c1-4-5-8-18(31-3)15-11-14(24)10-13(2)20(15)27-22(30)17-12-19(23)28-29(17)21-16(25)7-6-9-26-21/h6-7,9-12,18H,4-5,8H2,1-3H3,(H,27,30). The third-order valence-corrected chi connectivity index (χ3v) is 5.77. The highest BCUT2D eigenvalue weighted by molar-refractivity contribution is 9.10. The van der Waals surface area contributed by atoms with E-state index in [1.54, 1.807) is 31.5 Å². The predicted octanol–water partition coefficient (Wildman–Crippen LogP) is 6.78. The van der Waals surface area contributed by atoms with Crippen LogP contribution in [-0.2, 0) is 4.74 Å². The number of hydrogen-bond acceptors (Lipinski definition) is 4. The van der Waals surface area contributed by atoms with Crippen LogP contribution in [0.2, 0.25) is 10.0 Å². The third-order valence-electron chi connectivity index (χ3n) is 4.87. The zero-order valence-electron chi connectivity index (χ0n) is 17.5. The molecule has 2 heterocycles. The van der Waals surface area contributed by atoms with E-state index in [0.29, 0.717) is 26.2 Å². The molecule has 6 nitrogen and oxygen atoms in total. The highest BCUT2D eigenvalue weighted by atomic mass is 79.9. The van der Waals surface area contributed by atoms with Crippen LogP contribution in [-0.4, -0.2) is 27.8 Å². The summed E-state index contributed by atoms with van der Waals surface area (Å²) in [7, 11) is 1.66. The van der Waals surface area contributed by atoms with Gasteiger partial charge in [0.1, 0.15) is 10.3 Å². The molecule has 0 bridgehead atoms. The summed E-state index contributed by atoms with van der Waals surface area (Å²) in [5.74, 6) is 0.0164. The van der Waals surface area contributed by atoms with Crippen molar-refractivity contribution in [1.82, 2.24) is 14.8 Å². The predicted molar refractivity (Wildman–Crippen MR) is 127 cm³/mol. The molecule has 1 unspecified atom stereocenters. The number of amides is 1. The summed E-state index contributed by atoms with van der Waals surface area (Å²) >= 11 is 15.9. The summed E-state index contributed by atoms with van der Waals surface area (Å²) in [6, 6.07) is 8.69. The number of pyridine rings is 1. The zero-order chi connectivity index (χ0) is 22.5. The lowest BCUT2D eigenvalue weighted by molar-refractivity contribution is 0.0937. The molecule has 1 N–H and O–H groups in total. The molecule has 0 saturated heterocycles. The summed E-state index contributed by atoms with van der Waals surface area (Å²) in [4.78, 5) is 17.6. The molecule has 1 atom stereocenters. The zero-order valence-corrected chi connectivity index (χ0v) is 20.6. The van der Waals surface area contributed by atoms with Gasteiger partial charge in [0.25, 0.3) is 5.91 Å². The Morgan fingerprint density at radius 3 is 2.77 bits per heavy atom. The SMILES string of the molecule is CCCCC(OC)c1cc(Cl)cc(C)c1NC(=O)c1cc(Br)nn1-c1ncccc1Cl. The van der Waals surface area contributed by atoms with Crippen LogP contribution in [0.1, 0.15) is 53.9 Å². The Labute approximate surface area is 200 Å². The van der Waals surface area contributed by atoms with Crippen LogP contribution in [0.5, 0.6) is 0 Å². The summed E-state index contributed by atoms with van der Waals surface area (Å²) in [6.07, 6.45) is 4.27. The molecule has 0 aliphatic carbocycles. The fraction of sp³-hybridized carbons (Fsp3) is 0.318. The second-order valence-electron chi connectivity index (χ2n) is 7.08. The number of carbonyl (C=O) groups excluding carboxylic acids is 1. The van der Waals surface area contributed by atoms with Gasteiger partial charge in [-0.3, -0.25) is 4.79 Å². The molecule has 0 saturated carbocycles. The number of aromatic nitrogens is 3. The summed E-state index contributed by atoms with van der Waals surface area (Å²) < 4.78 is 7.63. The first-order valence-electron chi connectivity index (χ1n) is 9.86. The van der Waals surface area contributed by atoms with Crippen LogP contribution in [0.25, 0.3) is 5.82 Å². The molecule has 3 aromatic rings. The van der Waals surface area contributed by atoms with Crippen molar-refractivity contribution < 1.29 is 9.53 Å². The average molecular weight is 526 g/mol. The quantitative estimate of drug-likeness (QED) is 0.352.